The van der Waals surface area contributed by atoms with Gasteiger partial charge in [0.05, 0.1) is 18.0 Å². The highest BCUT2D eigenvalue weighted by atomic mass is 35.5. The number of anilines is 1. The van der Waals surface area contributed by atoms with Crippen LogP contribution in [0.3, 0.4) is 0 Å². The van der Waals surface area contributed by atoms with Crippen LogP contribution < -0.4 is 10.5 Å². The maximum Gasteiger partial charge on any atom is 0.287 e. The van der Waals surface area contributed by atoms with Crippen LogP contribution in [0.5, 0.6) is 0 Å². The van der Waals surface area contributed by atoms with Gasteiger partial charge in [-0.2, -0.15) is 5.10 Å². The Bertz CT molecular complexity index is 486. The van der Waals surface area contributed by atoms with Crippen molar-refractivity contribution in [3.63, 3.8) is 0 Å². The second-order valence-corrected chi connectivity index (χ2v) is 4.89. The fourth-order valence-electron chi connectivity index (χ4n) is 1.92. The Kier molecular flexibility index (Phi) is 4.79. The predicted molar refractivity (Wildman–Crippen MR) is 72.9 cm³/mol. The van der Waals surface area contributed by atoms with Gasteiger partial charge in [0.1, 0.15) is 5.02 Å². The van der Waals surface area contributed by atoms with E-state index in [0.29, 0.717) is 18.9 Å². The molecule has 0 atom stereocenters. The van der Waals surface area contributed by atoms with Crippen molar-refractivity contribution in [2.75, 3.05) is 38.3 Å². The number of methoxy groups -OCH3 is 1. The van der Waals surface area contributed by atoms with Gasteiger partial charge < -0.3 is 14.4 Å². The summed E-state index contributed by atoms with van der Waals surface area (Å²) in [6.07, 6.45) is 2.70. The van der Waals surface area contributed by atoms with E-state index in [2.05, 4.69) is 5.10 Å². The number of nitrogens with zero attached hydrogens (tertiary/aromatic N) is 3. The molecule has 1 aromatic rings. The van der Waals surface area contributed by atoms with Crippen LogP contribution in [-0.2, 0) is 16.5 Å². The number of hydrogen-bond donors (Lipinski definition) is 0. The van der Waals surface area contributed by atoms with E-state index in [-0.39, 0.29) is 16.7 Å². The van der Waals surface area contributed by atoms with Crippen LogP contribution in [0.1, 0.15) is 6.42 Å². The Morgan fingerprint density at radius 1 is 1.47 bits per heavy atom. The lowest BCUT2D eigenvalue weighted by Crippen LogP contribution is -2.53. The summed E-state index contributed by atoms with van der Waals surface area (Å²) in [6.45, 7) is 2.87. The molecule has 2 rings (SSSR count). The Hall–Kier alpha value is -1.11. The average Bonchev–Trinajstić information content (AvgIpc) is 2.35. The minimum absolute atomic E-state index is 0.192. The number of hydrogen-bond acceptors (Lipinski definition) is 5. The minimum atomic E-state index is -0.274. The van der Waals surface area contributed by atoms with Crippen LogP contribution in [0, 0.1) is 0 Å². The molecule has 0 amide bonds. The van der Waals surface area contributed by atoms with Gasteiger partial charge in [0.2, 0.25) is 0 Å². The van der Waals surface area contributed by atoms with Crippen LogP contribution in [0.25, 0.3) is 0 Å². The number of ether oxygens (including phenoxy) is 2. The Balaban J connectivity index is 1.84. The van der Waals surface area contributed by atoms with Crippen LogP contribution in [0.15, 0.2) is 11.0 Å². The Morgan fingerprint density at radius 2 is 2.21 bits per heavy atom. The van der Waals surface area contributed by atoms with E-state index in [1.165, 1.54) is 4.68 Å². The maximum absolute atomic E-state index is 11.7. The van der Waals surface area contributed by atoms with Crippen molar-refractivity contribution in [3.8, 4) is 0 Å². The standard InChI is InChI=1S/C12H18ClN3O3/c1-15-12(17)11(13)10(6-14-15)16-7-9(8-16)19-5-3-4-18-2/h6,9H,3-5,7-8H2,1-2H3. The molecule has 0 aliphatic carbocycles. The minimum Gasteiger partial charge on any atom is -0.385 e. The van der Waals surface area contributed by atoms with E-state index < -0.39 is 0 Å². The smallest absolute Gasteiger partial charge is 0.287 e. The fraction of sp³-hybridized carbons (Fsp3) is 0.667. The molecule has 0 radical (unpaired) electrons. The van der Waals surface area contributed by atoms with Crippen LogP contribution in [0.4, 0.5) is 5.69 Å². The molecule has 19 heavy (non-hydrogen) atoms. The van der Waals surface area contributed by atoms with Crippen molar-refractivity contribution in [1.29, 1.82) is 0 Å². The van der Waals surface area contributed by atoms with Gasteiger partial charge in [-0.1, -0.05) is 11.6 Å². The molecule has 0 bridgehead atoms. The van der Waals surface area contributed by atoms with Crippen molar-refractivity contribution >= 4 is 17.3 Å². The van der Waals surface area contributed by atoms with Gasteiger partial charge in [0.15, 0.2) is 0 Å². The van der Waals surface area contributed by atoms with Crippen molar-refractivity contribution in [2.24, 2.45) is 7.05 Å². The summed E-state index contributed by atoms with van der Waals surface area (Å²) in [5, 5.41) is 4.19. The molecule has 1 aliphatic rings. The van der Waals surface area contributed by atoms with Crippen LogP contribution in [-0.4, -0.2) is 49.3 Å². The average molecular weight is 288 g/mol. The normalized spacial score (nSPS) is 15.6. The second kappa shape index (κ2) is 6.36. The summed E-state index contributed by atoms with van der Waals surface area (Å²) in [5.41, 5.74) is 0.408. The van der Waals surface area contributed by atoms with E-state index in [1.54, 1.807) is 20.4 Å². The Morgan fingerprint density at radius 3 is 2.89 bits per heavy atom. The highest BCUT2D eigenvalue weighted by Crippen LogP contribution is 2.26. The monoisotopic (exact) mass is 287 g/mol. The summed E-state index contributed by atoms with van der Waals surface area (Å²) in [4.78, 5) is 13.7. The quantitative estimate of drug-likeness (QED) is 0.720. The molecule has 106 valence electrons. The lowest BCUT2D eigenvalue weighted by molar-refractivity contribution is 0.0233. The molecule has 6 nitrogen and oxygen atoms in total. The lowest BCUT2D eigenvalue weighted by atomic mass is 10.1. The number of rotatable bonds is 6. The second-order valence-electron chi connectivity index (χ2n) is 4.52. The van der Waals surface area contributed by atoms with E-state index in [0.717, 1.165) is 19.5 Å². The number of aromatic nitrogens is 2. The maximum atomic E-state index is 11.7. The van der Waals surface area contributed by atoms with Crippen molar-refractivity contribution in [3.05, 3.63) is 21.6 Å². The van der Waals surface area contributed by atoms with E-state index in [4.69, 9.17) is 21.1 Å². The molecule has 0 saturated carbocycles. The molecule has 0 aromatic carbocycles. The van der Waals surface area contributed by atoms with E-state index in [1.807, 2.05) is 4.90 Å². The van der Waals surface area contributed by atoms with Gasteiger partial charge in [-0.05, 0) is 6.42 Å². The molecular weight excluding hydrogens is 270 g/mol. The van der Waals surface area contributed by atoms with Gasteiger partial charge >= 0.3 is 0 Å². The molecule has 0 unspecified atom stereocenters. The summed E-state index contributed by atoms with van der Waals surface area (Å²) < 4.78 is 11.8. The highest BCUT2D eigenvalue weighted by molar-refractivity contribution is 6.33. The van der Waals surface area contributed by atoms with Gasteiger partial charge in [-0.25, -0.2) is 4.68 Å². The number of halogens is 1. The molecule has 1 aromatic heterocycles. The molecule has 1 saturated heterocycles. The Labute approximate surface area is 116 Å². The first-order valence-electron chi connectivity index (χ1n) is 6.20. The lowest BCUT2D eigenvalue weighted by Gasteiger charge is -2.40. The van der Waals surface area contributed by atoms with Gasteiger partial charge in [0, 0.05) is 40.5 Å². The summed E-state index contributed by atoms with van der Waals surface area (Å²) in [6, 6.07) is 0. The van der Waals surface area contributed by atoms with Crippen molar-refractivity contribution < 1.29 is 9.47 Å². The van der Waals surface area contributed by atoms with Crippen LogP contribution >= 0.6 is 11.6 Å². The third-order valence-corrected chi connectivity index (χ3v) is 3.45. The van der Waals surface area contributed by atoms with Gasteiger partial charge in [-0.3, -0.25) is 4.79 Å². The molecule has 2 heterocycles. The van der Waals surface area contributed by atoms with E-state index in [9.17, 15) is 4.79 Å². The van der Waals surface area contributed by atoms with Crippen LogP contribution in [0.2, 0.25) is 5.02 Å². The largest absolute Gasteiger partial charge is 0.385 e. The zero-order valence-corrected chi connectivity index (χ0v) is 11.9. The predicted octanol–water partition coefficient (Wildman–Crippen LogP) is 0.675. The SMILES string of the molecule is COCCCOC1CN(c2cnn(C)c(=O)c2Cl)C1. The van der Waals surface area contributed by atoms with E-state index >= 15 is 0 Å². The summed E-state index contributed by atoms with van der Waals surface area (Å²) >= 11 is 6.03. The van der Waals surface area contributed by atoms with Gasteiger partial charge in [-0.15, -0.1) is 0 Å². The zero-order valence-electron chi connectivity index (χ0n) is 11.1. The molecule has 1 aliphatic heterocycles. The topological polar surface area (TPSA) is 56.6 Å². The summed E-state index contributed by atoms with van der Waals surface area (Å²) in [5.74, 6) is 0. The third-order valence-electron chi connectivity index (χ3n) is 3.09. The van der Waals surface area contributed by atoms with Crippen molar-refractivity contribution in [1.82, 2.24) is 9.78 Å². The first-order valence-corrected chi connectivity index (χ1v) is 6.58. The first kappa shape index (κ1) is 14.3. The molecular formula is C12H18ClN3O3. The van der Waals surface area contributed by atoms with Crippen molar-refractivity contribution in [2.45, 2.75) is 12.5 Å². The third kappa shape index (κ3) is 3.26. The first-order chi connectivity index (χ1) is 9.13. The number of aryl methyl sites for hydroxylation is 1. The van der Waals surface area contributed by atoms with Gasteiger partial charge in [0.25, 0.3) is 5.56 Å². The molecule has 0 N–H and O–H groups in total. The summed E-state index contributed by atoms with van der Waals surface area (Å²) in [7, 11) is 3.26. The molecule has 1 fully saturated rings. The molecule has 0 spiro atoms. The zero-order chi connectivity index (χ0) is 13.8. The highest BCUT2D eigenvalue weighted by Gasteiger charge is 2.29. The fourth-order valence-corrected chi connectivity index (χ4v) is 2.21. The molecule has 7 heteroatoms.